The number of carbonyl (C=O) groups is 2. The van der Waals surface area contributed by atoms with Gasteiger partial charge < -0.3 is 15.0 Å². The number of hydrogen-bond donors (Lipinski definition) is 1. The maximum absolute atomic E-state index is 12.5. The molecule has 0 spiro atoms. The Kier molecular flexibility index (Phi) is 5.10. The number of nitrogens with zero attached hydrogens (tertiary/aromatic N) is 3. The number of benzene rings is 1. The van der Waals surface area contributed by atoms with E-state index in [9.17, 15) is 9.59 Å². The van der Waals surface area contributed by atoms with Crippen LogP contribution in [0.3, 0.4) is 0 Å². The Morgan fingerprint density at radius 1 is 1.40 bits per heavy atom. The van der Waals surface area contributed by atoms with Crippen molar-refractivity contribution in [3.8, 4) is 0 Å². The Morgan fingerprint density at radius 3 is 2.96 bits per heavy atom. The van der Waals surface area contributed by atoms with Gasteiger partial charge >= 0.3 is 0 Å². The quantitative estimate of drug-likeness (QED) is 0.884. The van der Waals surface area contributed by atoms with E-state index in [4.69, 9.17) is 4.74 Å². The van der Waals surface area contributed by atoms with E-state index < -0.39 is 5.92 Å². The summed E-state index contributed by atoms with van der Waals surface area (Å²) in [4.78, 5) is 26.6. The van der Waals surface area contributed by atoms with Crippen LogP contribution >= 0.6 is 11.3 Å². The molecule has 3 rings (SSSR count). The van der Waals surface area contributed by atoms with E-state index in [0.717, 1.165) is 16.8 Å². The summed E-state index contributed by atoms with van der Waals surface area (Å²) in [5.74, 6) is -0.644. The molecule has 1 aliphatic heterocycles. The van der Waals surface area contributed by atoms with Crippen LogP contribution in [0.2, 0.25) is 0 Å². The normalized spacial score (nSPS) is 17.2. The fraction of sp³-hybridized carbons (Fsp3) is 0.412. The van der Waals surface area contributed by atoms with Gasteiger partial charge in [-0.15, -0.1) is 10.2 Å². The number of aryl methyl sites for hydroxylation is 2. The summed E-state index contributed by atoms with van der Waals surface area (Å²) >= 11 is 1.27. The lowest BCUT2D eigenvalue weighted by Crippen LogP contribution is -2.28. The molecule has 2 amide bonds. The van der Waals surface area contributed by atoms with Gasteiger partial charge in [-0.05, 0) is 31.0 Å². The van der Waals surface area contributed by atoms with Gasteiger partial charge in [0.25, 0.3) is 0 Å². The lowest BCUT2D eigenvalue weighted by molar-refractivity contribution is -0.122. The van der Waals surface area contributed by atoms with E-state index in [2.05, 4.69) is 15.5 Å². The van der Waals surface area contributed by atoms with Crippen LogP contribution in [0.5, 0.6) is 0 Å². The van der Waals surface area contributed by atoms with Crippen molar-refractivity contribution in [2.45, 2.75) is 26.9 Å². The monoisotopic (exact) mass is 360 g/mol. The fourth-order valence-corrected chi connectivity index (χ4v) is 3.53. The van der Waals surface area contributed by atoms with Crippen molar-refractivity contribution in [2.24, 2.45) is 5.92 Å². The van der Waals surface area contributed by atoms with Crippen LogP contribution in [-0.4, -0.2) is 35.7 Å². The van der Waals surface area contributed by atoms with E-state index in [-0.39, 0.29) is 18.2 Å². The second-order valence-electron chi connectivity index (χ2n) is 6.12. The summed E-state index contributed by atoms with van der Waals surface area (Å²) in [6.07, 6.45) is 0.197. The summed E-state index contributed by atoms with van der Waals surface area (Å²) in [6, 6.07) is 5.98. The number of carbonyl (C=O) groups excluding carboxylic acids is 2. The highest BCUT2D eigenvalue weighted by atomic mass is 32.1. The molecule has 1 N–H and O–H groups in total. The van der Waals surface area contributed by atoms with Gasteiger partial charge in [-0.2, -0.15) is 0 Å². The minimum Gasteiger partial charge on any atom is -0.377 e. The molecule has 0 radical (unpaired) electrons. The Hall–Kier alpha value is -2.32. The van der Waals surface area contributed by atoms with E-state index in [1.807, 2.05) is 32.0 Å². The number of hydrogen-bond acceptors (Lipinski definition) is 6. The molecule has 7 nitrogen and oxygen atoms in total. The zero-order valence-corrected chi connectivity index (χ0v) is 15.2. The summed E-state index contributed by atoms with van der Waals surface area (Å²) in [5.41, 5.74) is 2.98. The van der Waals surface area contributed by atoms with Gasteiger partial charge in [0, 0.05) is 25.8 Å². The Bertz CT molecular complexity index is 805. The third-order valence-corrected chi connectivity index (χ3v) is 4.93. The molecule has 25 heavy (non-hydrogen) atoms. The second-order valence-corrected chi connectivity index (χ2v) is 7.18. The number of methoxy groups -OCH3 is 1. The zero-order valence-electron chi connectivity index (χ0n) is 14.4. The molecule has 1 aromatic carbocycles. The maximum Gasteiger partial charge on any atom is 0.231 e. The van der Waals surface area contributed by atoms with Gasteiger partial charge in [-0.1, -0.05) is 23.5 Å². The average molecular weight is 360 g/mol. The number of ether oxygens (including phenoxy) is 1. The second kappa shape index (κ2) is 7.28. The summed E-state index contributed by atoms with van der Waals surface area (Å²) in [5, 5.41) is 11.7. The first-order chi connectivity index (χ1) is 12.0. The Balaban J connectivity index is 1.69. The van der Waals surface area contributed by atoms with E-state index in [0.29, 0.717) is 23.3 Å². The predicted octanol–water partition coefficient (Wildman–Crippen LogP) is 2.29. The summed E-state index contributed by atoms with van der Waals surface area (Å²) in [7, 11) is 1.58. The first kappa shape index (κ1) is 17.5. The zero-order chi connectivity index (χ0) is 18.0. The third-order valence-electron chi connectivity index (χ3n) is 4.12. The van der Waals surface area contributed by atoms with Crippen LogP contribution in [0.4, 0.5) is 10.8 Å². The van der Waals surface area contributed by atoms with Gasteiger partial charge in [0.1, 0.15) is 11.6 Å². The standard InChI is InChI=1S/C17H20N4O3S/c1-10-4-5-11(2)13(6-10)21-8-12(7-15(21)22)16(23)18-17-20-19-14(25-17)9-24-3/h4-6,12H,7-9H2,1-3H3,(H,18,20,23). The maximum atomic E-state index is 12.5. The molecule has 1 aromatic heterocycles. The highest BCUT2D eigenvalue weighted by Gasteiger charge is 2.36. The van der Waals surface area contributed by atoms with Crippen molar-refractivity contribution >= 4 is 34.0 Å². The van der Waals surface area contributed by atoms with Gasteiger partial charge in [0.2, 0.25) is 16.9 Å². The van der Waals surface area contributed by atoms with Gasteiger partial charge in [0.05, 0.1) is 5.92 Å². The van der Waals surface area contributed by atoms with Crippen LogP contribution in [-0.2, 0) is 20.9 Å². The third kappa shape index (κ3) is 3.85. The van der Waals surface area contributed by atoms with Crippen molar-refractivity contribution in [3.05, 3.63) is 34.3 Å². The van der Waals surface area contributed by atoms with E-state index in [1.54, 1.807) is 12.0 Å². The van der Waals surface area contributed by atoms with Crippen molar-refractivity contribution in [2.75, 3.05) is 23.9 Å². The van der Waals surface area contributed by atoms with Crippen LogP contribution in [0.15, 0.2) is 18.2 Å². The van der Waals surface area contributed by atoms with Crippen LogP contribution in [0.25, 0.3) is 0 Å². The molecule has 1 fully saturated rings. The topological polar surface area (TPSA) is 84.4 Å². The minimum atomic E-state index is -0.401. The van der Waals surface area contributed by atoms with Crippen molar-refractivity contribution < 1.29 is 14.3 Å². The van der Waals surface area contributed by atoms with Crippen molar-refractivity contribution in [1.29, 1.82) is 0 Å². The Labute approximate surface area is 150 Å². The molecule has 0 bridgehead atoms. The first-order valence-electron chi connectivity index (χ1n) is 7.97. The lowest BCUT2D eigenvalue weighted by atomic mass is 10.1. The van der Waals surface area contributed by atoms with Gasteiger partial charge in [0.15, 0.2) is 0 Å². The molecule has 8 heteroatoms. The average Bonchev–Trinajstić information content (AvgIpc) is 3.17. The van der Waals surface area contributed by atoms with Crippen molar-refractivity contribution in [1.82, 2.24) is 10.2 Å². The number of amides is 2. The highest BCUT2D eigenvalue weighted by molar-refractivity contribution is 7.15. The molecular weight excluding hydrogens is 340 g/mol. The number of aromatic nitrogens is 2. The van der Waals surface area contributed by atoms with E-state index >= 15 is 0 Å². The number of rotatable bonds is 5. The Morgan fingerprint density at radius 2 is 2.20 bits per heavy atom. The molecule has 0 saturated carbocycles. The largest absolute Gasteiger partial charge is 0.377 e. The molecular formula is C17H20N4O3S. The van der Waals surface area contributed by atoms with Crippen LogP contribution in [0.1, 0.15) is 22.6 Å². The highest BCUT2D eigenvalue weighted by Crippen LogP contribution is 2.29. The molecule has 1 unspecified atom stereocenters. The summed E-state index contributed by atoms with van der Waals surface area (Å²) < 4.78 is 4.99. The fourth-order valence-electron chi connectivity index (χ4n) is 2.82. The van der Waals surface area contributed by atoms with Gasteiger partial charge in [-0.25, -0.2) is 0 Å². The predicted molar refractivity (Wildman–Crippen MR) is 95.6 cm³/mol. The molecule has 132 valence electrons. The molecule has 1 saturated heterocycles. The molecule has 0 aliphatic carbocycles. The van der Waals surface area contributed by atoms with E-state index in [1.165, 1.54) is 11.3 Å². The lowest BCUT2D eigenvalue weighted by Gasteiger charge is -2.19. The number of anilines is 2. The molecule has 2 aromatic rings. The SMILES string of the molecule is COCc1nnc(NC(=O)C2CC(=O)N(c3cc(C)ccc3C)C2)s1. The van der Waals surface area contributed by atoms with Crippen LogP contribution in [0, 0.1) is 19.8 Å². The molecule has 1 atom stereocenters. The minimum absolute atomic E-state index is 0.0359. The van der Waals surface area contributed by atoms with Crippen molar-refractivity contribution in [3.63, 3.8) is 0 Å². The smallest absolute Gasteiger partial charge is 0.231 e. The summed E-state index contributed by atoms with van der Waals surface area (Å²) in [6.45, 7) is 4.68. The van der Waals surface area contributed by atoms with Gasteiger partial charge in [-0.3, -0.25) is 9.59 Å². The van der Waals surface area contributed by atoms with Crippen LogP contribution < -0.4 is 10.2 Å². The first-order valence-corrected chi connectivity index (χ1v) is 8.79. The molecule has 1 aliphatic rings. The number of nitrogens with one attached hydrogen (secondary N) is 1. The molecule has 2 heterocycles.